The number of carbonyl (C=O) groups excluding carboxylic acids is 1. The summed E-state index contributed by atoms with van der Waals surface area (Å²) in [6.45, 7) is 4.07. The molecule has 3 heteroatoms. The second-order valence-corrected chi connectivity index (χ2v) is 4.15. The summed E-state index contributed by atoms with van der Waals surface area (Å²) in [6.07, 6.45) is 1.31. The third-order valence-electron chi connectivity index (χ3n) is 2.75. The number of H-pyrrole nitrogens is 1. The molecule has 0 fully saturated rings. The van der Waals surface area contributed by atoms with Crippen molar-refractivity contribution in [3.05, 3.63) is 34.0 Å². The molecule has 1 N–H and O–H groups in total. The highest BCUT2D eigenvalue weighted by Gasteiger charge is 2.08. The van der Waals surface area contributed by atoms with Gasteiger partial charge in [0.25, 0.3) is 0 Å². The van der Waals surface area contributed by atoms with Gasteiger partial charge in [-0.3, -0.25) is 0 Å². The van der Waals surface area contributed by atoms with Gasteiger partial charge in [-0.05, 0) is 37.1 Å². The molecule has 0 spiro atoms. The number of hydrogen-bond donors (Lipinski definition) is 1. The molecule has 2 aromatic rings. The van der Waals surface area contributed by atoms with Crippen molar-refractivity contribution in [2.24, 2.45) is 0 Å². The van der Waals surface area contributed by atoms with Gasteiger partial charge in [-0.1, -0.05) is 11.6 Å². The predicted molar refractivity (Wildman–Crippen MR) is 62.6 cm³/mol. The summed E-state index contributed by atoms with van der Waals surface area (Å²) in [4.78, 5) is 13.7. The molecule has 0 unspecified atom stereocenters. The Morgan fingerprint density at radius 3 is 2.80 bits per heavy atom. The quantitative estimate of drug-likeness (QED) is 0.777. The minimum absolute atomic E-state index is 0.416. The third kappa shape index (κ3) is 1.65. The van der Waals surface area contributed by atoms with Crippen molar-refractivity contribution in [2.75, 3.05) is 0 Å². The molecule has 0 atom stereocenters. The molecule has 2 nitrogen and oxygen atoms in total. The van der Waals surface area contributed by atoms with E-state index in [0.29, 0.717) is 11.4 Å². The first-order valence-corrected chi connectivity index (χ1v) is 5.22. The second kappa shape index (κ2) is 3.70. The lowest BCUT2D eigenvalue weighted by atomic mass is 10.1. The zero-order valence-electron chi connectivity index (χ0n) is 8.73. The molecule has 0 aliphatic carbocycles. The van der Waals surface area contributed by atoms with Crippen LogP contribution in [0, 0.1) is 13.8 Å². The first-order valence-electron chi connectivity index (χ1n) is 4.84. The number of fused-ring (bicyclic) bond motifs is 1. The highest BCUT2D eigenvalue weighted by atomic mass is 35.5. The average molecular weight is 222 g/mol. The first kappa shape index (κ1) is 10.2. The van der Waals surface area contributed by atoms with Gasteiger partial charge in [0.05, 0.1) is 10.5 Å². The summed E-state index contributed by atoms with van der Waals surface area (Å²) >= 11 is 6.14. The molecule has 0 aliphatic rings. The Bertz CT molecular complexity index is 528. The Labute approximate surface area is 93.2 Å². The lowest BCUT2D eigenvalue weighted by molar-refractivity contribution is -0.107. The molecule has 0 radical (unpaired) electrons. The summed E-state index contributed by atoms with van der Waals surface area (Å²) in [7, 11) is 0. The maximum atomic E-state index is 10.5. The van der Waals surface area contributed by atoms with Crippen molar-refractivity contribution in [3.63, 3.8) is 0 Å². The van der Waals surface area contributed by atoms with Crippen LogP contribution in [0.2, 0.25) is 5.02 Å². The van der Waals surface area contributed by atoms with Gasteiger partial charge in [-0.25, -0.2) is 0 Å². The summed E-state index contributed by atoms with van der Waals surface area (Å²) in [6, 6.07) is 3.86. The van der Waals surface area contributed by atoms with Crippen LogP contribution in [0.4, 0.5) is 0 Å². The molecule has 0 aliphatic heterocycles. The normalized spacial score (nSPS) is 10.9. The van der Waals surface area contributed by atoms with E-state index in [1.165, 1.54) is 5.56 Å². The SMILES string of the molecule is Cc1[nH]c2c(Cl)cc(CC=O)cc2c1C. The fraction of sp³-hybridized carbons (Fsp3) is 0.250. The lowest BCUT2D eigenvalue weighted by Gasteiger charge is -1.99. The Hall–Kier alpha value is -1.28. The van der Waals surface area contributed by atoms with Crippen molar-refractivity contribution in [1.29, 1.82) is 0 Å². The number of aromatic amines is 1. The van der Waals surface area contributed by atoms with Gasteiger partial charge in [0.2, 0.25) is 0 Å². The van der Waals surface area contributed by atoms with Crippen LogP contribution < -0.4 is 0 Å². The minimum atomic E-state index is 0.416. The Balaban J connectivity index is 2.73. The van der Waals surface area contributed by atoms with Gasteiger partial charge in [0.15, 0.2) is 0 Å². The zero-order valence-corrected chi connectivity index (χ0v) is 9.48. The van der Waals surface area contributed by atoms with E-state index in [2.05, 4.69) is 11.9 Å². The van der Waals surface area contributed by atoms with Gasteiger partial charge in [0.1, 0.15) is 6.29 Å². The molecule has 2 rings (SSSR count). The van der Waals surface area contributed by atoms with E-state index in [0.717, 1.165) is 28.4 Å². The van der Waals surface area contributed by atoms with Crippen LogP contribution in [0.3, 0.4) is 0 Å². The van der Waals surface area contributed by atoms with Crippen LogP contribution in [0.15, 0.2) is 12.1 Å². The van der Waals surface area contributed by atoms with Crippen LogP contribution >= 0.6 is 11.6 Å². The first-order chi connectivity index (χ1) is 7.13. The topological polar surface area (TPSA) is 32.9 Å². The van der Waals surface area contributed by atoms with Crippen molar-refractivity contribution in [1.82, 2.24) is 4.98 Å². The number of aldehydes is 1. The number of halogens is 1. The number of aryl methyl sites for hydroxylation is 2. The van der Waals surface area contributed by atoms with Crippen LogP contribution in [0.25, 0.3) is 10.9 Å². The van der Waals surface area contributed by atoms with Crippen LogP contribution in [0.1, 0.15) is 16.8 Å². The number of hydrogen-bond acceptors (Lipinski definition) is 1. The monoisotopic (exact) mass is 221 g/mol. The maximum absolute atomic E-state index is 10.5. The summed E-state index contributed by atoms with van der Waals surface area (Å²) in [5.41, 5.74) is 4.24. The van der Waals surface area contributed by atoms with Crippen molar-refractivity contribution < 1.29 is 4.79 Å². The Morgan fingerprint density at radius 2 is 2.13 bits per heavy atom. The third-order valence-corrected chi connectivity index (χ3v) is 3.05. The van der Waals surface area contributed by atoms with Crippen molar-refractivity contribution in [2.45, 2.75) is 20.3 Å². The zero-order chi connectivity index (χ0) is 11.0. The molecular formula is C12H12ClNO. The molecule has 0 saturated heterocycles. The van der Waals surface area contributed by atoms with E-state index in [1.54, 1.807) is 0 Å². The highest BCUT2D eigenvalue weighted by molar-refractivity contribution is 6.35. The van der Waals surface area contributed by atoms with Gasteiger partial charge < -0.3 is 9.78 Å². The van der Waals surface area contributed by atoms with Crippen LogP contribution in [0.5, 0.6) is 0 Å². The van der Waals surface area contributed by atoms with Gasteiger partial charge >= 0.3 is 0 Å². The Kier molecular flexibility index (Phi) is 2.53. The maximum Gasteiger partial charge on any atom is 0.124 e. The van der Waals surface area contributed by atoms with E-state index < -0.39 is 0 Å². The predicted octanol–water partition coefficient (Wildman–Crippen LogP) is 3.18. The fourth-order valence-corrected chi connectivity index (χ4v) is 2.07. The number of benzene rings is 1. The van der Waals surface area contributed by atoms with E-state index in [9.17, 15) is 4.79 Å². The molecule has 0 bridgehead atoms. The van der Waals surface area contributed by atoms with E-state index >= 15 is 0 Å². The van der Waals surface area contributed by atoms with Crippen LogP contribution in [-0.4, -0.2) is 11.3 Å². The molecule has 78 valence electrons. The highest BCUT2D eigenvalue weighted by Crippen LogP contribution is 2.29. The number of nitrogens with one attached hydrogen (secondary N) is 1. The van der Waals surface area contributed by atoms with Gasteiger partial charge in [-0.2, -0.15) is 0 Å². The summed E-state index contributed by atoms with van der Waals surface area (Å²) in [5.74, 6) is 0. The number of aromatic nitrogens is 1. The summed E-state index contributed by atoms with van der Waals surface area (Å²) < 4.78 is 0. The Morgan fingerprint density at radius 1 is 1.40 bits per heavy atom. The van der Waals surface area contributed by atoms with E-state index in [4.69, 9.17) is 11.6 Å². The molecular weight excluding hydrogens is 210 g/mol. The lowest BCUT2D eigenvalue weighted by Crippen LogP contribution is -1.86. The van der Waals surface area contributed by atoms with Gasteiger partial charge in [-0.15, -0.1) is 0 Å². The second-order valence-electron chi connectivity index (χ2n) is 3.75. The number of rotatable bonds is 2. The molecule has 1 aromatic heterocycles. The van der Waals surface area contributed by atoms with E-state index in [-0.39, 0.29) is 0 Å². The van der Waals surface area contributed by atoms with Gasteiger partial charge in [0, 0.05) is 17.5 Å². The standard InChI is InChI=1S/C12H12ClNO/c1-7-8(2)14-12-10(7)5-9(3-4-15)6-11(12)13/h4-6,14H,3H2,1-2H3. The van der Waals surface area contributed by atoms with Crippen molar-refractivity contribution in [3.8, 4) is 0 Å². The summed E-state index contributed by atoms with van der Waals surface area (Å²) in [5, 5.41) is 1.79. The molecule has 15 heavy (non-hydrogen) atoms. The minimum Gasteiger partial charge on any atom is -0.357 e. The largest absolute Gasteiger partial charge is 0.357 e. The fourth-order valence-electron chi connectivity index (χ4n) is 1.78. The molecule has 1 aromatic carbocycles. The average Bonchev–Trinajstić information content (AvgIpc) is 2.46. The smallest absolute Gasteiger partial charge is 0.124 e. The van der Waals surface area contributed by atoms with E-state index in [1.807, 2.05) is 19.1 Å². The number of carbonyl (C=O) groups is 1. The van der Waals surface area contributed by atoms with Crippen molar-refractivity contribution >= 4 is 28.8 Å². The molecule has 1 heterocycles. The molecule has 0 amide bonds. The van der Waals surface area contributed by atoms with Crippen LogP contribution in [-0.2, 0) is 11.2 Å². The molecule has 0 saturated carbocycles.